The lowest BCUT2D eigenvalue weighted by Crippen LogP contribution is -2.36. The van der Waals surface area contributed by atoms with Gasteiger partial charge in [0, 0.05) is 55.0 Å². The summed E-state index contributed by atoms with van der Waals surface area (Å²) < 4.78 is 44.5. The predicted octanol–water partition coefficient (Wildman–Crippen LogP) is 6.06. The van der Waals surface area contributed by atoms with Crippen LogP contribution in [0.25, 0.3) is 33.4 Å². The zero-order valence-corrected chi connectivity index (χ0v) is 25.0. The number of hydrogen-bond donors (Lipinski definition) is 0. The van der Waals surface area contributed by atoms with E-state index in [9.17, 15) is 13.6 Å². The van der Waals surface area contributed by atoms with Gasteiger partial charge in [0.15, 0.2) is 6.23 Å². The minimum atomic E-state index is -3.49. The number of ether oxygens (including phenoxy) is 2. The highest BCUT2D eigenvalue weighted by molar-refractivity contribution is 7.87. The van der Waals surface area contributed by atoms with Gasteiger partial charge < -0.3 is 14.4 Å². The van der Waals surface area contributed by atoms with E-state index in [1.54, 1.807) is 12.4 Å². The molecule has 2 saturated heterocycles. The monoisotopic (exact) mass is 608 g/mol. The molecule has 5 heterocycles. The molecule has 0 aliphatic carbocycles. The lowest BCUT2D eigenvalue weighted by molar-refractivity contribution is -0.138. The minimum Gasteiger partial charge on any atom is -0.378 e. The van der Waals surface area contributed by atoms with Gasteiger partial charge in [-0.2, -0.15) is 18.2 Å². The highest BCUT2D eigenvalue weighted by Gasteiger charge is 2.32. The van der Waals surface area contributed by atoms with E-state index in [0.29, 0.717) is 32.5 Å². The molecular weight excluding hydrogens is 574 g/mol. The van der Waals surface area contributed by atoms with Crippen molar-refractivity contribution in [3.63, 3.8) is 0 Å². The average molecular weight is 609 g/mol. The Balaban J connectivity index is 1.46. The summed E-state index contributed by atoms with van der Waals surface area (Å²) in [5, 5.41) is 5.53. The summed E-state index contributed by atoms with van der Waals surface area (Å²) in [5.74, 6) is -3.61. The van der Waals surface area contributed by atoms with Crippen molar-refractivity contribution in [3.8, 4) is 22.5 Å². The maximum atomic E-state index is 13.5. The zero-order valence-electron chi connectivity index (χ0n) is 24.2. The van der Waals surface area contributed by atoms with Crippen LogP contribution < -0.4 is 4.90 Å². The number of fused-ring (bicyclic) bond motifs is 1. The number of halogens is 2. The molecule has 43 heavy (non-hydrogen) atoms. The van der Waals surface area contributed by atoms with Gasteiger partial charge in [-0.1, -0.05) is 29.7 Å². The molecule has 2 fully saturated rings. The maximum absolute atomic E-state index is 13.5. The molecule has 6 rings (SSSR count). The molecule has 0 saturated carbocycles. The largest absolute Gasteiger partial charge is 0.378 e. The Morgan fingerprint density at radius 2 is 1.88 bits per heavy atom. The van der Waals surface area contributed by atoms with Crippen LogP contribution >= 0.6 is 0 Å². The van der Waals surface area contributed by atoms with Gasteiger partial charge in [0.1, 0.15) is 17.0 Å². The molecular formula is C31H34F2N6O3S. The van der Waals surface area contributed by atoms with Crippen LogP contribution in [0.3, 0.4) is 0 Å². The third-order valence-electron chi connectivity index (χ3n) is 7.67. The third-order valence-corrected chi connectivity index (χ3v) is 9.42. The van der Waals surface area contributed by atoms with Gasteiger partial charge in [-0.15, -0.1) is 0 Å². The van der Waals surface area contributed by atoms with Crippen LogP contribution in [0.4, 0.5) is 14.6 Å². The van der Waals surface area contributed by atoms with Crippen LogP contribution in [0, 0.1) is 0 Å². The van der Waals surface area contributed by atoms with Crippen molar-refractivity contribution in [1.29, 1.82) is 0 Å². The molecule has 4 aromatic rings. The first-order valence-electron chi connectivity index (χ1n) is 14.6. The number of aromatic nitrogens is 4. The van der Waals surface area contributed by atoms with Crippen LogP contribution in [0.5, 0.6) is 0 Å². The highest BCUT2D eigenvalue weighted by Crippen LogP contribution is 2.37. The third kappa shape index (κ3) is 6.22. The zero-order chi connectivity index (χ0) is 30.0. The quantitative estimate of drug-likeness (QED) is 0.252. The van der Waals surface area contributed by atoms with Crippen molar-refractivity contribution >= 4 is 33.3 Å². The number of alkyl halides is 2. The summed E-state index contributed by atoms with van der Waals surface area (Å²) in [6, 6.07) is 13.6. The first kappa shape index (κ1) is 29.5. The fourth-order valence-corrected chi connectivity index (χ4v) is 6.80. The number of pyridine rings is 2. The Morgan fingerprint density at radius 3 is 2.58 bits per heavy atom. The lowest BCUT2D eigenvalue weighted by atomic mass is 10.00. The van der Waals surface area contributed by atoms with Crippen molar-refractivity contribution in [1.82, 2.24) is 19.7 Å². The molecule has 0 bridgehead atoms. The first-order valence-corrected chi connectivity index (χ1v) is 15.9. The van der Waals surface area contributed by atoms with E-state index in [4.69, 9.17) is 19.4 Å². The van der Waals surface area contributed by atoms with Gasteiger partial charge in [-0.25, -0.2) is 9.67 Å². The maximum Gasteiger partial charge on any atom is 0.324 e. The number of carbonyl (C=O) groups is 1. The predicted molar refractivity (Wildman–Crippen MR) is 162 cm³/mol. The normalized spacial score (nSPS) is 18.7. The SMILES string of the molecule is CCS(=NC(=O)C(C)(F)F)c1ccc(-c2cc(N3CCOCC3)nc3c(-c4ccnn4C4CCCCO4)nccc23)cc1. The standard InChI is InChI=1S/C31H34F2N6O3S/c1-3-43(37-30(40)31(2,32)33)22-9-7-21(8-10-22)24-20-26(38-15-18-41-19-16-38)36-28-23(24)11-13-34-29(28)25-12-14-35-39(25)27-6-4-5-17-42-27/h7-14,20,27H,3-6,15-19H2,1-2H3. The summed E-state index contributed by atoms with van der Waals surface area (Å²) in [4.78, 5) is 24.8. The van der Waals surface area contributed by atoms with E-state index in [2.05, 4.69) is 20.4 Å². The summed E-state index contributed by atoms with van der Waals surface area (Å²) in [5.41, 5.74) is 4.21. The number of morpholine rings is 1. The van der Waals surface area contributed by atoms with Crippen molar-refractivity contribution in [3.05, 3.63) is 54.9 Å². The van der Waals surface area contributed by atoms with E-state index >= 15 is 0 Å². The molecule has 2 atom stereocenters. The smallest absolute Gasteiger partial charge is 0.324 e. The summed E-state index contributed by atoms with van der Waals surface area (Å²) in [6.07, 6.45) is 6.41. The Morgan fingerprint density at radius 1 is 1.09 bits per heavy atom. The Kier molecular flexibility index (Phi) is 8.60. The molecule has 3 aromatic heterocycles. The van der Waals surface area contributed by atoms with E-state index in [1.165, 1.54) is 0 Å². The van der Waals surface area contributed by atoms with Crippen molar-refractivity contribution in [2.75, 3.05) is 43.6 Å². The molecule has 0 spiro atoms. The molecule has 12 heteroatoms. The van der Waals surface area contributed by atoms with E-state index in [-0.39, 0.29) is 6.23 Å². The van der Waals surface area contributed by atoms with Crippen LogP contribution in [0.2, 0.25) is 0 Å². The Hall–Kier alpha value is -3.61. The molecule has 0 radical (unpaired) electrons. The number of hydrogen-bond acceptors (Lipinski definition) is 7. The van der Waals surface area contributed by atoms with Gasteiger partial charge in [-0.05, 0) is 60.7 Å². The Bertz CT molecular complexity index is 1640. The number of nitrogens with zero attached hydrogens (tertiary/aromatic N) is 6. The van der Waals surface area contributed by atoms with Gasteiger partial charge in [-0.3, -0.25) is 9.78 Å². The molecule has 9 nitrogen and oxygen atoms in total. The van der Waals surface area contributed by atoms with E-state index < -0.39 is 22.5 Å². The van der Waals surface area contributed by atoms with Crippen LogP contribution in [0.15, 0.2) is 64.1 Å². The fourth-order valence-electron chi connectivity index (χ4n) is 5.42. The number of carbonyl (C=O) groups excluding carboxylic acids is 1. The van der Waals surface area contributed by atoms with Gasteiger partial charge in [0.2, 0.25) is 0 Å². The van der Waals surface area contributed by atoms with Gasteiger partial charge in [0.05, 0.1) is 18.9 Å². The second-order valence-electron chi connectivity index (χ2n) is 10.6. The lowest BCUT2D eigenvalue weighted by Gasteiger charge is -2.29. The fraction of sp³-hybridized carbons (Fsp3) is 0.419. The molecule has 2 unspecified atom stereocenters. The molecule has 1 aromatic carbocycles. The van der Waals surface area contributed by atoms with Crippen molar-refractivity contribution < 1.29 is 23.0 Å². The topological polar surface area (TPSA) is 94.7 Å². The van der Waals surface area contributed by atoms with E-state index in [0.717, 1.165) is 76.5 Å². The molecule has 2 aliphatic rings. The number of amides is 1. The highest BCUT2D eigenvalue weighted by atomic mass is 32.2. The summed E-state index contributed by atoms with van der Waals surface area (Å²) in [7, 11) is -0.971. The van der Waals surface area contributed by atoms with Crippen molar-refractivity contribution in [2.45, 2.75) is 50.2 Å². The second-order valence-corrected chi connectivity index (χ2v) is 12.6. The summed E-state index contributed by atoms with van der Waals surface area (Å²) in [6.45, 7) is 5.80. The van der Waals surface area contributed by atoms with Gasteiger partial charge in [0.25, 0.3) is 0 Å². The van der Waals surface area contributed by atoms with Gasteiger partial charge >= 0.3 is 11.8 Å². The van der Waals surface area contributed by atoms with Crippen LogP contribution in [0.1, 0.15) is 39.3 Å². The van der Waals surface area contributed by atoms with Crippen molar-refractivity contribution in [2.24, 2.45) is 4.36 Å². The van der Waals surface area contributed by atoms with Crippen LogP contribution in [-0.4, -0.2) is 70.2 Å². The number of rotatable bonds is 7. The molecule has 0 N–H and O–H groups in total. The minimum absolute atomic E-state index is 0.150. The molecule has 226 valence electrons. The van der Waals surface area contributed by atoms with E-state index in [1.807, 2.05) is 48.0 Å². The Labute approximate surface area is 251 Å². The second kappa shape index (κ2) is 12.6. The number of benzene rings is 1. The summed E-state index contributed by atoms with van der Waals surface area (Å²) >= 11 is 0. The first-order chi connectivity index (χ1) is 20.8. The average Bonchev–Trinajstić information content (AvgIpc) is 3.53. The molecule has 2 aliphatic heterocycles. The molecule has 1 amide bonds. The number of anilines is 1. The van der Waals surface area contributed by atoms with Crippen LogP contribution in [-0.2, 0) is 25.0 Å².